The molecule has 2 aliphatic rings. The predicted octanol–water partition coefficient (Wildman–Crippen LogP) is 3.36. The Morgan fingerprint density at radius 2 is 1.93 bits per heavy atom. The summed E-state index contributed by atoms with van der Waals surface area (Å²) in [5.41, 5.74) is 4.41. The zero-order valence-electron chi connectivity index (χ0n) is 16.9. The molecule has 0 bridgehead atoms. The van der Waals surface area contributed by atoms with Crippen molar-refractivity contribution in [1.29, 1.82) is 0 Å². The number of amides is 2. The number of hydrogen-bond donors (Lipinski definition) is 2. The number of rotatable bonds is 4. The van der Waals surface area contributed by atoms with Gasteiger partial charge in [-0.05, 0) is 60.7 Å². The third-order valence-electron chi connectivity index (χ3n) is 5.79. The predicted molar refractivity (Wildman–Crippen MR) is 114 cm³/mol. The quantitative estimate of drug-likeness (QED) is 0.698. The molecule has 1 saturated carbocycles. The first-order valence-electron chi connectivity index (χ1n) is 10.4. The minimum Gasteiger partial charge on any atom is -0.378 e. The molecule has 30 heavy (non-hydrogen) atoms. The number of nitrogens with one attached hydrogen (secondary N) is 2. The van der Waals surface area contributed by atoms with E-state index < -0.39 is 0 Å². The van der Waals surface area contributed by atoms with Crippen LogP contribution in [0.15, 0.2) is 36.5 Å². The van der Waals surface area contributed by atoms with Gasteiger partial charge in [0.05, 0.1) is 13.2 Å². The molecule has 0 unspecified atom stereocenters. The molecule has 2 amide bonds. The highest BCUT2D eigenvalue weighted by molar-refractivity contribution is 6.00. The van der Waals surface area contributed by atoms with Gasteiger partial charge in [0.15, 0.2) is 0 Å². The van der Waals surface area contributed by atoms with E-state index in [-0.39, 0.29) is 17.7 Å². The van der Waals surface area contributed by atoms with Crippen LogP contribution in [-0.2, 0) is 9.53 Å². The van der Waals surface area contributed by atoms with Crippen LogP contribution in [0, 0.1) is 12.8 Å². The number of ether oxygens (including phenoxy) is 1. The van der Waals surface area contributed by atoms with E-state index in [0.717, 1.165) is 40.6 Å². The fourth-order valence-corrected chi connectivity index (χ4v) is 3.95. The molecule has 0 atom stereocenters. The summed E-state index contributed by atoms with van der Waals surface area (Å²) in [6, 6.07) is 9.70. The number of carbonyl (C=O) groups is 2. The van der Waals surface area contributed by atoms with Crippen molar-refractivity contribution in [2.45, 2.75) is 19.8 Å². The highest BCUT2D eigenvalue weighted by Gasteiger charge is 2.30. The monoisotopic (exact) mass is 404 g/mol. The number of benzene rings is 1. The Labute approximate surface area is 174 Å². The van der Waals surface area contributed by atoms with Crippen molar-refractivity contribution in [1.82, 2.24) is 14.9 Å². The first-order valence-corrected chi connectivity index (χ1v) is 10.4. The van der Waals surface area contributed by atoms with E-state index in [4.69, 9.17) is 4.74 Å². The molecule has 1 saturated heterocycles. The molecule has 1 aliphatic carbocycles. The Morgan fingerprint density at radius 1 is 1.13 bits per heavy atom. The number of aromatic nitrogens is 2. The second-order valence-electron chi connectivity index (χ2n) is 7.99. The van der Waals surface area contributed by atoms with Crippen molar-refractivity contribution in [3.8, 4) is 11.1 Å². The average molecular weight is 404 g/mol. The maximum atomic E-state index is 12.8. The largest absolute Gasteiger partial charge is 0.378 e. The summed E-state index contributed by atoms with van der Waals surface area (Å²) >= 11 is 0. The van der Waals surface area contributed by atoms with Gasteiger partial charge in [-0.3, -0.25) is 9.59 Å². The molecule has 5 rings (SSSR count). The van der Waals surface area contributed by atoms with E-state index in [9.17, 15) is 9.59 Å². The molecule has 2 N–H and O–H groups in total. The summed E-state index contributed by atoms with van der Waals surface area (Å²) in [7, 11) is 0. The van der Waals surface area contributed by atoms with Crippen molar-refractivity contribution in [3.63, 3.8) is 0 Å². The molecule has 154 valence electrons. The Kier molecular flexibility index (Phi) is 4.75. The van der Waals surface area contributed by atoms with Crippen LogP contribution in [0.5, 0.6) is 0 Å². The number of H-pyrrole nitrogens is 1. The van der Waals surface area contributed by atoms with E-state index in [1.165, 1.54) is 0 Å². The van der Waals surface area contributed by atoms with E-state index in [2.05, 4.69) is 15.3 Å². The first kappa shape index (κ1) is 18.8. The Hall–Kier alpha value is -3.19. The van der Waals surface area contributed by atoms with E-state index >= 15 is 0 Å². The fraction of sp³-hybridized carbons (Fsp3) is 0.348. The molecule has 2 aromatic heterocycles. The lowest BCUT2D eigenvalue weighted by Crippen LogP contribution is -2.40. The van der Waals surface area contributed by atoms with E-state index in [1.54, 1.807) is 0 Å². The number of pyridine rings is 1. The van der Waals surface area contributed by atoms with Gasteiger partial charge in [0.25, 0.3) is 5.91 Å². The zero-order chi connectivity index (χ0) is 20.7. The van der Waals surface area contributed by atoms with Crippen LogP contribution in [0.25, 0.3) is 22.2 Å². The summed E-state index contributed by atoms with van der Waals surface area (Å²) in [5.74, 6) is 0.723. The van der Waals surface area contributed by atoms with Gasteiger partial charge in [-0.25, -0.2) is 4.98 Å². The van der Waals surface area contributed by atoms with Gasteiger partial charge in [-0.2, -0.15) is 0 Å². The molecule has 0 spiro atoms. The second kappa shape index (κ2) is 7.57. The van der Waals surface area contributed by atoms with Crippen LogP contribution in [-0.4, -0.2) is 53.0 Å². The lowest BCUT2D eigenvalue weighted by Gasteiger charge is -2.27. The first-order chi connectivity index (χ1) is 14.6. The Balaban J connectivity index is 1.49. The topological polar surface area (TPSA) is 87.3 Å². The van der Waals surface area contributed by atoms with Crippen molar-refractivity contribution < 1.29 is 14.3 Å². The van der Waals surface area contributed by atoms with Crippen molar-refractivity contribution in [2.24, 2.45) is 5.92 Å². The van der Waals surface area contributed by atoms with Crippen LogP contribution in [0.3, 0.4) is 0 Å². The van der Waals surface area contributed by atoms with Gasteiger partial charge in [0, 0.05) is 36.2 Å². The number of nitrogens with zero attached hydrogens (tertiary/aromatic N) is 2. The highest BCUT2D eigenvalue weighted by atomic mass is 16.5. The van der Waals surface area contributed by atoms with Gasteiger partial charge >= 0.3 is 0 Å². The highest BCUT2D eigenvalue weighted by Crippen LogP contribution is 2.34. The van der Waals surface area contributed by atoms with Gasteiger partial charge in [0.2, 0.25) is 5.91 Å². The molecule has 1 aromatic carbocycles. The molecule has 3 heterocycles. The van der Waals surface area contributed by atoms with Crippen molar-refractivity contribution >= 4 is 28.7 Å². The van der Waals surface area contributed by atoms with Gasteiger partial charge in [-0.1, -0.05) is 6.07 Å². The normalized spacial score (nSPS) is 16.6. The molecule has 1 aliphatic heterocycles. The van der Waals surface area contributed by atoms with Crippen LogP contribution in [0.1, 0.15) is 28.8 Å². The minimum atomic E-state index is 0.0301. The Morgan fingerprint density at radius 3 is 2.67 bits per heavy atom. The van der Waals surface area contributed by atoms with Crippen LogP contribution < -0.4 is 5.32 Å². The summed E-state index contributed by atoms with van der Waals surface area (Å²) in [5, 5.41) is 3.93. The molecule has 0 radical (unpaired) electrons. The SMILES string of the molecule is Cc1cc(C(=O)N2CCOCC2)ccc1-c1cc(NC(=O)C2CC2)nc2[nH]ccc12. The summed E-state index contributed by atoms with van der Waals surface area (Å²) in [6.07, 6.45) is 3.74. The summed E-state index contributed by atoms with van der Waals surface area (Å²) < 4.78 is 5.34. The fourth-order valence-electron chi connectivity index (χ4n) is 3.95. The molecule has 3 aromatic rings. The number of anilines is 1. The van der Waals surface area contributed by atoms with Gasteiger partial charge < -0.3 is 19.9 Å². The van der Waals surface area contributed by atoms with E-state index in [0.29, 0.717) is 37.7 Å². The standard InChI is InChI=1S/C23H24N4O3/c1-14-12-16(23(29)27-8-10-30-11-9-27)4-5-17(14)19-13-20(26-22(28)15-2-3-15)25-21-18(19)6-7-24-21/h4-7,12-13,15H,2-3,8-11H2,1H3,(H2,24,25,26,28). The summed E-state index contributed by atoms with van der Waals surface area (Å²) in [4.78, 5) is 34.6. The molecular weight excluding hydrogens is 380 g/mol. The smallest absolute Gasteiger partial charge is 0.254 e. The van der Waals surface area contributed by atoms with Crippen molar-refractivity contribution in [3.05, 3.63) is 47.7 Å². The molecule has 7 heteroatoms. The summed E-state index contributed by atoms with van der Waals surface area (Å²) in [6.45, 7) is 4.42. The van der Waals surface area contributed by atoms with Crippen molar-refractivity contribution in [2.75, 3.05) is 31.6 Å². The number of morpholine rings is 1. The molecular formula is C23H24N4O3. The number of carbonyl (C=O) groups excluding carboxylic acids is 2. The molecule has 7 nitrogen and oxygen atoms in total. The third kappa shape index (κ3) is 3.57. The number of fused-ring (bicyclic) bond motifs is 1. The maximum absolute atomic E-state index is 12.8. The third-order valence-corrected chi connectivity index (χ3v) is 5.79. The number of aromatic amines is 1. The van der Waals surface area contributed by atoms with Crippen LogP contribution >= 0.6 is 0 Å². The lowest BCUT2D eigenvalue weighted by molar-refractivity contribution is -0.117. The Bertz CT molecular complexity index is 1130. The maximum Gasteiger partial charge on any atom is 0.254 e. The minimum absolute atomic E-state index is 0.0301. The zero-order valence-corrected chi connectivity index (χ0v) is 16.9. The van der Waals surface area contributed by atoms with Gasteiger partial charge in [0.1, 0.15) is 11.5 Å². The van der Waals surface area contributed by atoms with Crippen LogP contribution in [0.4, 0.5) is 5.82 Å². The van der Waals surface area contributed by atoms with Gasteiger partial charge in [-0.15, -0.1) is 0 Å². The molecule has 2 fully saturated rings. The number of aryl methyl sites for hydroxylation is 1. The van der Waals surface area contributed by atoms with Crippen LogP contribution in [0.2, 0.25) is 0 Å². The van der Waals surface area contributed by atoms with E-state index in [1.807, 2.05) is 48.4 Å². The second-order valence-corrected chi connectivity index (χ2v) is 7.99. The average Bonchev–Trinajstić information content (AvgIpc) is 3.51. The lowest BCUT2D eigenvalue weighted by atomic mass is 9.96. The number of hydrogen-bond acceptors (Lipinski definition) is 4.